The Kier molecular flexibility index (Phi) is 6.68. The minimum Gasteiger partial charge on any atom is -0.480 e. The fourth-order valence-corrected chi connectivity index (χ4v) is 2.09. The van der Waals surface area contributed by atoms with Crippen LogP contribution in [0.15, 0.2) is 24.3 Å². The molecule has 1 aromatic carbocycles. The van der Waals surface area contributed by atoms with Crippen molar-refractivity contribution in [3.8, 4) is 0 Å². The Labute approximate surface area is 120 Å². The topological polar surface area (TPSA) is 69.6 Å². The van der Waals surface area contributed by atoms with E-state index in [1.54, 1.807) is 0 Å². The van der Waals surface area contributed by atoms with Crippen molar-refractivity contribution in [2.24, 2.45) is 5.92 Å². The van der Waals surface area contributed by atoms with Crippen LogP contribution in [0.5, 0.6) is 0 Å². The number of aliphatic carboxylic acids is 1. The maximum Gasteiger partial charge on any atom is 0.320 e. The number of hydrogen-bond donors (Lipinski definition) is 3. The van der Waals surface area contributed by atoms with Crippen LogP contribution >= 0.6 is 0 Å². The van der Waals surface area contributed by atoms with Crippen LogP contribution in [0.25, 0.3) is 0 Å². The minimum absolute atomic E-state index is 0.245. The number of benzene rings is 1. The van der Waals surface area contributed by atoms with Crippen molar-refractivity contribution in [3.05, 3.63) is 35.4 Å². The van der Waals surface area contributed by atoms with Gasteiger partial charge in [-0.05, 0) is 29.9 Å². The molecule has 0 aromatic heterocycles. The van der Waals surface area contributed by atoms with Gasteiger partial charge in [0.25, 0.3) is 0 Å². The molecule has 0 spiro atoms. The van der Waals surface area contributed by atoms with Crippen LogP contribution in [0.3, 0.4) is 0 Å². The summed E-state index contributed by atoms with van der Waals surface area (Å²) in [5, 5.41) is 22.2. The second-order valence-corrected chi connectivity index (χ2v) is 5.54. The van der Waals surface area contributed by atoms with E-state index in [9.17, 15) is 9.90 Å². The zero-order chi connectivity index (χ0) is 15.1. The number of aryl methyl sites for hydroxylation is 1. The van der Waals surface area contributed by atoms with Crippen LogP contribution in [-0.2, 0) is 11.2 Å². The van der Waals surface area contributed by atoms with Gasteiger partial charge in [0.15, 0.2) is 0 Å². The highest BCUT2D eigenvalue weighted by molar-refractivity contribution is 5.73. The molecule has 0 heterocycles. The monoisotopic (exact) mass is 279 g/mol. The highest BCUT2D eigenvalue weighted by atomic mass is 16.4. The summed E-state index contributed by atoms with van der Waals surface area (Å²) in [5.41, 5.74) is 2.03. The number of rotatable bonds is 8. The molecule has 0 aliphatic rings. The predicted molar refractivity (Wildman–Crippen MR) is 79.7 cm³/mol. The molecule has 1 aromatic rings. The molecule has 0 aliphatic heterocycles. The van der Waals surface area contributed by atoms with Crippen LogP contribution in [0.1, 0.15) is 44.4 Å². The minimum atomic E-state index is -0.868. The van der Waals surface area contributed by atoms with Gasteiger partial charge in [-0.25, -0.2) is 0 Å². The van der Waals surface area contributed by atoms with Crippen LogP contribution in [0.4, 0.5) is 0 Å². The molecule has 2 atom stereocenters. The van der Waals surface area contributed by atoms with Gasteiger partial charge >= 0.3 is 5.97 Å². The maximum absolute atomic E-state index is 11.1. The number of hydrogen-bond acceptors (Lipinski definition) is 3. The van der Waals surface area contributed by atoms with Gasteiger partial charge < -0.3 is 15.5 Å². The molecular weight excluding hydrogens is 254 g/mol. The lowest BCUT2D eigenvalue weighted by molar-refractivity contribution is -0.140. The maximum atomic E-state index is 11.1. The lowest BCUT2D eigenvalue weighted by Gasteiger charge is -2.19. The van der Waals surface area contributed by atoms with Crippen molar-refractivity contribution in [1.29, 1.82) is 0 Å². The number of carboxylic acids is 1. The zero-order valence-corrected chi connectivity index (χ0v) is 12.5. The molecule has 20 heavy (non-hydrogen) atoms. The van der Waals surface area contributed by atoms with Gasteiger partial charge in [-0.2, -0.15) is 0 Å². The van der Waals surface area contributed by atoms with E-state index in [4.69, 9.17) is 5.11 Å². The number of carboxylic acid groups (broad SMARTS) is 1. The second-order valence-electron chi connectivity index (χ2n) is 5.54. The van der Waals surface area contributed by atoms with Crippen LogP contribution < -0.4 is 5.32 Å². The standard InChI is InChI=1S/C16H25NO3/c1-4-12-5-7-13(8-6-12)15(18)10-17-14(16(19)20)9-11(2)3/h5-8,11,14-15,17-18H,4,9-10H2,1-3H3,(H,19,20). The van der Waals surface area contributed by atoms with Crippen molar-refractivity contribution in [2.45, 2.75) is 45.8 Å². The fourth-order valence-electron chi connectivity index (χ4n) is 2.09. The molecule has 0 saturated carbocycles. The largest absolute Gasteiger partial charge is 0.480 e. The zero-order valence-electron chi connectivity index (χ0n) is 12.5. The van der Waals surface area contributed by atoms with Crippen molar-refractivity contribution < 1.29 is 15.0 Å². The smallest absolute Gasteiger partial charge is 0.320 e. The predicted octanol–water partition coefficient (Wildman–Crippen LogP) is 2.37. The summed E-state index contributed by atoms with van der Waals surface area (Å²) in [7, 11) is 0. The Morgan fingerprint density at radius 3 is 2.30 bits per heavy atom. The summed E-state index contributed by atoms with van der Waals surface area (Å²) < 4.78 is 0. The molecule has 2 unspecified atom stereocenters. The van der Waals surface area contributed by atoms with E-state index in [0.717, 1.165) is 12.0 Å². The first-order chi connectivity index (χ1) is 9.43. The van der Waals surface area contributed by atoms with Gasteiger partial charge in [0.1, 0.15) is 6.04 Å². The quantitative estimate of drug-likeness (QED) is 0.683. The van der Waals surface area contributed by atoms with Crippen molar-refractivity contribution >= 4 is 5.97 Å². The first kappa shape index (κ1) is 16.7. The molecule has 3 N–H and O–H groups in total. The van der Waals surface area contributed by atoms with E-state index in [-0.39, 0.29) is 6.54 Å². The average Bonchev–Trinajstić information content (AvgIpc) is 2.42. The Bertz CT molecular complexity index is 414. The van der Waals surface area contributed by atoms with Crippen molar-refractivity contribution in [3.63, 3.8) is 0 Å². The SMILES string of the molecule is CCc1ccc(C(O)CNC(CC(C)C)C(=O)O)cc1. The molecular formula is C16H25NO3. The first-order valence-corrected chi connectivity index (χ1v) is 7.17. The molecule has 0 aliphatic carbocycles. The molecule has 4 nitrogen and oxygen atoms in total. The van der Waals surface area contributed by atoms with E-state index < -0.39 is 18.1 Å². The molecule has 0 bridgehead atoms. The molecule has 4 heteroatoms. The van der Waals surface area contributed by atoms with Crippen molar-refractivity contribution in [1.82, 2.24) is 5.32 Å². The van der Waals surface area contributed by atoms with E-state index in [1.807, 2.05) is 38.1 Å². The summed E-state index contributed by atoms with van der Waals surface area (Å²) in [6.07, 6.45) is 0.830. The summed E-state index contributed by atoms with van der Waals surface area (Å²) in [6, 6.07) is 7.15. The normalized spacial score (nSPS) is 14.2. The lowest BCUT2D eigenvalue weighted by atomic mass is 10.0. The van der Waals surface area contributed by atoms with Gasteiger partial charge in [0.2, 0.25) is 0 Å². The molecule has 0 amide bonds. The number of carbonyl (C=O) groups is 1. The van der Waals surface area contributed by atoms with Crippen LogP contribution in [0.2, 0.25) is 0 Å². The Balaban J connectivity index is 2.55. The third kappa shape index (κ3) is 5.31. The molecule has 1 rings (SSSR count). The second kappa shape index (κ2) is 8.02. The molecule has 0 radical (unpaired) electrons. The van der Waals surface area contributed by atoms with Gasteiger partial charge in [-0.1, -0.05) is 45.0 Å². The first-order valence-electron chi connectivity index (χ1n) is 7.17. The lowest BCUT2D eigenvalue weighted by Crippen LogP contribution is -2.40. The van der Waals surface area contributed by atoms with Gasteiger partial charge in [-0.3, -0.25) is 4.79 Å². The average molecular weight is 279 g/mol. The number of nitrogens with one attached hydrogen (secondary N) is 1. The molecule has 112 valence electrons. The fraction of sp³-hybridized carbons (Fsp3) is 0.562. The Hall–Kier alpha value is -1.39. The summed E-state index contributed by atoms with van der Waals surface area (Å²) >= 11 is 0. The highest BCUT2D eigenvalue weighted by Crippen LogP contribution is 2.14. The third-order valence-corrected chi connectivity index (χ3v) is 3.34. The van der Waals surface area contributed by atoms with E-state index >= 15 is 0 Å². The third-order valence-electron chi connectivity index (χ3n) is 3.34. The van der Waals surface area contributed by atoms with Gasteiger partial charge in [0.05, 0.1) is 6.10 Å². The highest BCUT2D eigenvalue weighted by Gasteiger charge is 2.19. The van der Waals surface area contributed by atoms with Crippen LogP contribution in [-0.4, -0.2) is 28.8 Å². The van der Waals surface area contributed by atoms with Crippen molar-refractivity contribution in [2.75, 3.05) is 6.54 Å². The molecule has 0 fully saturated rings. The summed E-state index contributed by atoms with van der Waals surface area (Å²) in [6.45, 7) is 6.29. The van der Waals surface area contributed by atoms with E-state index in [0.29, 0.717) is 12.3 Å². The van der Waals surface area contributed by atoms with E-state index in [1.165, 1.54) is 5.56 Å². The van der Waals surface area contributed by atoms with E-state index in [2.05, 4.69) is 12.2 Å². The molecule has 0 saturated heterocycles. The Morgan fingerprint density at radius 2 is 1.85 bits per heavy atom. The summed E-state index contributed by atoms with van der Waals surface area (Å²) in [5.74, 6) is -0.572. The summed E-state index contributed by atoms with van der Waals surface area (Å²) in [4.78, 5) is 11.1. The van der Waals surface area contributed by atoms with Crippen LogP contribution in [0, 0.1) is 5.92 Å². The number of aliphatic hydroxyl groups is 1. The number of aliphatic hydroxyl groups excluding tert-OH is 1. The van der Waals surface area contributed by atoms with Gasteiger partial charge in [0, 0.05) is 6.54 Å². The Morgan fingerprint density at radius 1 is 1.25 bits per heavy atom. The van der Waals surface area contributed by atoms with Gasteiger partial charge in [-0.15, -0.1) is 0 Å².